The first-order valence-corrected chi connectivity index (χ1v) is 5.90. The summed E-state index contributed by atoms with van der Waals surface area (Å²) >= 11 is 0. The van der Waals surface area contributed by atoms with Gasteiger partial charge in [0.05, 0.1) is 6.04 Å². The maximum atomic E-state index is 10.9. The maximum Gasteiger partial charge on any atom is 0.269 e. The van der Waals surface area contributed by atoms with Crippen molar-refractivity contribution in [3.8, 4) is 0 Å². The summed E-state index contributed by atoms with van der Waals surface area (Å²) in [7, 11) is 2.07. The normalized spacial score (nSPS) is 21.0. The lowest BCUT2D eigenvalue weighted by molar-refractivity contribution is 0.0994. The summed E-state index contributed by atoms with van der Waals surface area (Å²) in [5.41, 5.74) is 11.1. The van der Waals surface area contributed by atoms with Gasteiger partial charge in [0.15, 0.2) is 11.5 Å². The highest BCUT2D eigenvalue weighted by Gasteiger charge is 2.25. The summed E-state index contributed by atoms with van der Waals surface area (Å²) in [6.45, 7) is 3.26. The van der Waals surface area contributed by atoms with Crippen molar-refractivity contribution in [1.29, 1.82) is 0 Å². The fraction of sp³-hybridized carbons (Fsp3) is 0.545. The van der Waals surface area contributed by atoms with E-state index < -0.39 is 5.91 Å². The van der Waals surface area contributed by atoms with Gasteiger partial charge in [-0.25, -0.2) is 0 Å². The Hall–Kier alpha value is -1.73. The number of primary amides is 1. The molecule has 1 aromatic heterocycles. The maximum absolute atomic E-state index is 10.9. The van der Waals surface area contributed by atoms with E-state index in [4.69, 9.17) is 11.5 Å². The lowest BCUT2D eigenvalue weighted by atomic mass is 10.1. The highest BCUT2D eigenvalue weighted by atomic mass is 16.1. The summed E-state index contributed by atoms with van der Waals surface area (Å²) in [6.07, 6.45) is 0. The Morgan fingerprint density at radius 2 is 2.22 bits per heavy atom. The largest absolute Gasteiger partial charge is 0.364 e. The summed E-state index contributed by atoms with van der Waals surface area (Å²) in [6, 6.07) is 3.58. The van der Waals surface area contributed by atoms with E-state index in [0.29, 0.717) is 6.54 Å². The van der Waals surface area contributed by atoms with Gasteiger partial charge >= 0.3 is 0 Å². The number of nitrogens with zero attached hydrogens (tertiary/aromatic N) is 4. The Morgan fingerprint density at radius 3 is 2.78 bits per heavy atom. The molecule has 1 fully saturated rings. The molecule has 0 aromatic carbocycles. The Morgan fingerprint density at radius 1 is 1.44 bits per heavy atom. The SMILES string of the molecule is CN1CCN(c2ccc(C(N)=O)nn2)C(CN)C1. The number of nitrogens with two attached hydrogens (primary N) is 2. The molecule has 18 heavy (non-hydrogen) atoms. The molecule has 1 aliphatic rings. The zero-order chi connectivity index (χ0) is 13.1. The first-order valence-electron chi connectivity index (χ1n) is 5.90. The lowest BCUT2D eigenvalue weighted by Gasteiger charge is -2.40. The molecule has 0 radical (unpaired) electrons. The Labute approximate surface area is 106 Å². The third-order valence-electron chi connectivity index (χ3n) is 3.16. The second-order valence-electron chi connectivity index (χ2n) is 4.49. The minimum Gasteiger partial charge on any atom is -0.364 e. The van der Waals surface area contributed by atoms with Crippen molar-refractivity contribution in [3.05, 3.63) is 17.8 Å². The van der Waals surface area contributed by atoms with E-state index in [1.54, 1.807) is 12.1 Å². The number of piperazine rings is 1. The Balaban J connectivity index is 2.17. The van der Waals surface area contributed by atoms with Crippen LogP contribution in [0.5, 0.6) is 0 Å². The predicted molar refractivity (Wildman–Crippen MR) is 68.2 cm³/mol. The number of hydrogen-bond donors (Lipinski definition) is 2. The second kappa shape index (κ2) is 5.28. The number of hydrogen-bond acceptors (Lipinski definition) is 6. The molecule has 2 heterocycles. The molecule has 7 heteroatoms. The van der Waals surface area contributed by atoms with E-state index in [2.05, 4.69) is 27.0 Å². The zero-order valence-electron chi connectivity index (χ0n) is 10.4. The molecule has 0 aliphatic carbocycles. The minimum atomic E-state index is -0.567. The number of rotatable bonds is 3. The molecule has 98 valence electrons. The molecular formula is C11H18N6O. The number of aromatic nitrogens is 2. The van der Waals surface area contributed by atoms with E-state index >= 15 is 0 Å². The second-order valence-corrected chi connectivity index (χ2v) is 4.49. The Bertz CT molecular complexity index is 420. The molecule has 7 nitrogen and oxygen atoms in total. The average molecular weight is 250 g/mol. The van der Waals surface area contributed by atoms with Crippen molar-refractivity contribution in [2.24, 2.45) is 11.5 Å². The number of carbonyl (C=O) groups is 1. The summed E-state index contributed by atoms with van der Waals surface area (Å²) < 4.78 is 0. The third-order valence-corrected chi connectivity index (χ3v) is 3.16. The number of amides is 1. The average Bonchev–Trinajstić information content (AvgIpc) is 2.38. The molecule has 2 rings (SSSR count). The lowest BCUT2D eigenvalue weighted by Crippen LogP contribution is -2.55. The Kier molecular flexibility index (Phi) is 3.73. The predicted octanol–water partition coefficient (Wildman–Crippen LogP) is -1.35. The van der Waals surface area contributed by atoms with Crippen LogP contribution in [0, 0.1) is 0 Å². The molecule has 1 amide bonds. The molecule has 1 unspecified atom stereocenters. The standard InChI is InChI=1S/C11H18N6O/c1-16-4-5-17(8(6-12)7-16)10-3-2-9(11(13)18)14-15-10/h2-3,8H,4-7,12H2,1H3,(H2,13,18). The van der Waals surface area contributed by atoms with Crippen molar-refractivity contribution in [1.82, 2.24) is 15.1 Å². The minimum absolute atomic E-state index is 0.178. The van der Waals surface area contributed by atoms with Gasteiger partial charge in [0.2, 0.25) is 0 Å². The van der Waals surface area contributed by atoms with Gasteiger partial charge in [-0.05, 0) is 19.2 Å². The summed E-state index contributed by atoms with van der Waals surface area (Å²) in [4.78, 5) is 15.3. The van der Waals surface area contributed by atoms with E-state index in [1.165, 1.54) is 0 Å². The zero-order valence-corrected chi connectivity index (χ0v) is 10.4. The highest BCUT2D eigenvalue weighted by molar-refractivity contribution is 5.90. The van der Waals surface area contributed by atoms with E-state index in [9.17, 15) is 4.79 Å². The smallest absolute Gasteiger partial charge is 0.269 e. The number of carbonyl (C=O) groups excluding carboxylic acids is 1. The third kappa shape index (κ3) is 2.57. The van der Waals surface area contributed by atoms with Crippen LogP contribution in [0.3, 0.4) is 0 Å². The van der Waals surface area contributed by atoms with Gasteiger partial charge in [0, 0.05) is 26.2 Å². The molecule has 0 bridgehead atoms. The summed E-state index contributed by atoms with van der Waals surface area (Å²) in [5, 5.41) is 7.87. The van der Waals surface area contributed by atoms with Crippen molar-refractivity contribution < 1.29 is 4.79 Å². The van der Waals surface area contributed by atoms with Gasteiger partial charge in [0.25, 0.3) is 5.91 Å². The summed E-state index contributed by atoms with van der Waals surface area (Å²) in [5.74, 6) is 0.173. The van der Waals surface area contributed by atoms with Crippen molar-refractivity contribution in [2.45, 2.75) is 6.04 Å². The van der Waals surface area contributed by atoms with Gasteiger partial charge in [-0.1, -0.05) is 0 Å². The van der Waals surface area contributed by atoms with Gasteiger partial charge in [-0.2, -0.15) is 0 Å². The molecular weight excluding hydrogens is 232 g/mol. The molecule has 1 saturated heterocycles. The fourth-order valence-electron chi connectivity index (χ4n) is 2.12. The van der Waals surface area contributed by atoms with Crippen molar-refractivity contribution in [3.63, 3.8) is 0 Å². The van der Waals surface area contributed by atoms with Crippen LogP contribution < -0.4 is 16.4 Å². The van der Waals surface area contributed by atoms with Crippen LogP contribution in [0.4, 0.5) is 5.82 Å². The van der Waals surface area contributed by atoms with E-state index in [-0.39, 0.29) is 11.7 Å². The highest BCUT2D eigenvalue weighted by Crippen LogP contribution is 2.16. The van der Waals surface area contributed by atoms with Crippen LogP contribution in [0.25, 0.3) is 0 Å². The first kappa shape index (κ1) is 12.7. The van der Waals surface area contributed by atoms with Crippen LogP contribution in [-0.2, 0) is 0 Å². The molecule has 1 aliphatic heterocycles. The molecule has 1 atom stereocenters. The first-order chi connectivity index (χ1) is 8.61. The van der Waals surface area contributed by atoms with Crippen LogP contribution in [0.15, 0.2) is 12.1 Å². The van der Waals surface area contributed by atoms with E-state index in [0.717, 1.165) is 25.5 Å². The van der Waals surface area contributed by atoms with Gasteiger partial charge in [0.1, 0.15) is 0 Å². The monoisotopic (exact) mass is 250 g/mol. The van der Waals surface area contributed by atoms with Crippen molar-refractivity contribution in [2.75, 3.05) is 38.1 Å². The quantitative estimate of drug-likeness (QED) is 0.688. The van der Waals surface area contributed by atoms with Crippen LogP contribution in [0.1, 0.15) is 10.5 Å². The van der Waals surface area contributed by atoms with Gasteiger partial charge in [-0.15, -0.1) is 10.2 Å². The van der Waals surface area contributed by atoms with Gasteiger partial charge in [-0.3, -0.25) is 4.79 Å². The molecule has 4 N–H and O–H groups in total. The van der Waals surface area contributed by atoms with Crippen LogP contribution in [0.2, 0.25) is 0 Å². The topological polar surface area (TPSA) is 101 Å². The molecule has 0 spiro atoms. The van der Waals surface area contributed by atoms with Crippen LogP contribution in [-0.4, -0.2) is 60.3 Å². The number of likely N-dealkylation sites (N-methyl/N-ethyl adjacent to an activating group) is 1. The van der Waals surface area contributed by atoms with Crippen molar-refractivity contribution >= 4 is 11.7 Å². The van der Waals surface area contributed by atoms with Crippen LogP contribution >= 0.6 is 0 Å². The molecule has 0 saturated carbocycles. The number of anilines is 1. The fourth-order valence-corrected chi connectivity index (χ4v) is 2.12. The van der Waals surface area contributed by atoms with E-state index in [1.807, 2.05) is 0 Å². The van der Waals surface area contributed by atoms with Gasteiger partial charge < -0.3 is 21.3 Å². The molecule has 1 aromatic rings.